The van der Waals surface area contributed by atoms with E-state index in [9.17, 15) is 13.2 Å². The lowest BCUT2D eigenvalue weighted by Crippen LogP contribution is -2.45. The topological polar surface area (TPSA) is 98.7 Å². The number of benzene rings is 1. The fourth-order valence-corrected chi connectivity index (χ4v) is 6.41. The molecule has 1 saturated carbocycles. The minimum atomic E-state index is -3.28. The minimum Gasteiger partial charge on any atom is -0.351 e. The van der Waals surface area contributed by atoms with Crippen LogP contribution in [0.25, 0.3) is 0 Å². The first-order chi connectivity index (χ1) is 16.0. The minimum absolute atomic E-state index is 0.0626. The van der Waals surface area contributed by atoms with Crippen LogP contribution in [0.1, 0.15) is 45.1 Å². The highest BCUT2D eigenvalue weighted by Crippen LogP contribution is 2.40. The number of carbonyl (C=O) groups is 1. The first-order valence-electron chi connectivity index (χ1n) is 11.8. The van der Waals surface area contributed by atoms with Gasteiger partial charge in [0, 0.05) is 31.9 Å². The Morgan fingerprint density at radius 3 is 2.59 bits per heavy atom. The molecule has 2 aromatic rings. The average Bonchev–Trinajstić information content (AvgIpc) is 3.44. The van der Waals surface area contributed by atoms with Gasteiger partial charge in [-0.05, 0) is 56.9 Å². The van der Waals surface area contributed by atoms with Gasteiger partial charge in [0.05, 0.1) is 23.6 Å². The summed E-state index contributed by atoms with van der Waals surface area (Å²) in [6.45, 7) is 5.07. The number of carbonyl (C=O) groups excluding carboxylic acids is 1. The van der Waals surface area contributed by atoms with Crippen LogP contribution in [-0.2, 0) is 21.2 Å². The number of nitrogens with zero attached hydrogens (tertiary/aromatic N) is 5. The summed E-state index contributed by atoms with van der Waals surface area (Å²) in [7, 11) is -1.49. The Bertz CT molecular complexity index is 1240. The summed E-state index contributed by atoms with van der Waals surface area (Å²) in [4.78, 5) is 26.6. The van der Waals surface area contributed by atoms with E-state index in [2.05, 4.69) is 15.2 Å². The Balaban J connectivity index is 1.48. The Morgan fingerprint density at radius 1 is 1.15 bits per heavy atom. The van der Waals surface area contributed by atoms with Gasteiger partial charge in [0.25, 0.3) is 0 Å². The summed E-state index contributed by atoms with van der Waals surface area (Å²) in [5, 5.41) is 3.30. The van der Waals surface area contributed by atoms with Crippen molar-refractivity contribution in [1.29, 1.82) is 0 Å². The second-order valence-electron chi connectivity index (χ2n) is 10.3. The van der Waals surface area contributed by atoms with Crippen LogP contribution < -0.4 is 19.4 Å². The van der Waals surface area contributed by atoms with Gasteiger partial charge < -0.3 is 15.1 Å². The van der Waals surface area contributed by atoms with E-state index in [0.29, 0.717) is 31.5 Å². The van der Waals surface area contributed by atoms with E-state index >= 15 is 0 Å². The molecule has 0 saturated heterocycles. The fourth-order valence-electron chi connectivity index (χ4n) is 5.45. The molecule has 3 heterocycles. The third kappa shape index (κ3) is 3.97. The SMILES string of the molecule is CN1C(=O)C(C)(C)CN(C2CCCC2)c2nc(Nc3ccc4c(c3)CCN4S(C)(=O)=O)ncc21. The molecular weight excluding hydrogens is 452 g/mol. The quantitative estimate of drug-likeness (QED) is 0.711. The maximum atomic E-state index is 13.2. The summed E-state index contributed by atoms with van der Waals surface area (Å²) in [6.07, 6.45) is 8.21. The second kappa shape index (κ2) is 8.11. The van der Waals surface area contributed by atoms with Crippen molar-refractivity contribution >= 4 is 44.8 Å². The van der Waals surface area contributed by atoms with Crippen molar-refractivity contribution in [3.8, 4) is 0 Å². The van der Waals surface area contributed by atoms with Crippen molar-refractivity contribution in [1.82, 2.24) is 9.97 Å². The number of anilines is 5. The highest BCUT2D eigenvalue weighted by atomic mass is 32.2. The van der Waals surface area contributed by atoms with Crippen molar-refractivity contribution < 1.29 is 13.2 Å². The highest BCUT2D eigenvalue weighted by Gasteiger charge is 2.41. The van der Waals surface area contributed by atoms with Gasteiger partial charge in [-0.1, -0.05) is 12.8 Å². The van der Waals surface area contributed by atoms with Crippen LogP contribution in [-0.4, -0.2) is 56.7 Å². The van der Waals surface area contributed by atoms with Crippen molar-refractivity contribution in [2.45, 2.75) is 52.0 Å². The van der Waals surface area contributed by atoms with E-state index in [1.165, 1.54) is 23.4 Å². The zero-order valence-corrected chi connectivity index (χ0v) is 21.0. The molecule has 0 bridgehead atoms. The molecule has 34 heavy (non-hydrogen) atoms. The number of hydrogen-bond donors (Lipinski definition) is 1. The number of nitrogens with one attached hydrogen (secondary N) is 1. The molecule has 1 aromatic heterocycles. The third-order valence-electron chi connectivity index (χ3n) is 7.19. The van der Waals surface area contributed by atoms with E-state index in [0.717, 1.165) is 41.3 Å². The highest BCUT2D eigenvalue weighted by molar-refractivity contribution is 7.92. The third-order valence-corrected chi connectivity index (χ3v) is 8.37. The van der Waals surface area contributed by atoms with E-state index in [1.54, 1.807) is 18.1 Å². The summed E-state index contributed by atoms with van der Waals surface area (Å²) in [5.74, 6) is 1.31. The largest absolute Gasteiger partial charge is 0.351 e. The van der Waals surface area contributed by atoms with Crippen molar-refractivity contribution in [2.75, 3.05) is 45.8 Å². The van der Waals surface area contributed by atoms with Gasteiger partial charge in [-0.25, -0.2) is 13.4 Å². The lowest BCUT2D eigenvalue weighted by atomic mass is 9.91. The molecule has 1 N–H and O–H groups in total. The Labute approximate surface area is 201 Å². The lowest BCUT2D eigenvalue weighted by molar-refractivity contribution is -0.125. The molecule has 0 radical (unpaired) electrons. The van der Waals surface area contributed by atoms with Gasteiger partial charge in [0.2, 0.25) is 21.9 Å². The maximum absolute atomic E-state index is 13.2. The molecule has 0 atom stereocenters. The van der Waals surface area contributed by atoms with Gasteiger partial charge in [-0.2, -0.15) is 4.98 Å². The van der Waals surface area contributed by atoms with E-state index in [4.69, 9.17) is 4.98 Å². The summed E-state index contributed by atoms with van der Waals surface area (Å²) >= 11 is 0. The first-order valence-corrected chi connectivity index (χ1v) is 13.7. The lowest BCUT2D eigenvalue weighted by Gasteiger charge is -2.34. The molecule has 1 aromatic carbocycles. The van der Waals surface area contributed by atoms with Crippen molar-refractivity contribution in [3.63, 3.8) is 0 Å². The van der Waals surface area contributed by atoms with Crippen LogP contribution in [0.5, 0.6) is 0 Å². The molecule has 0 spiro atoms. The number of amides is 1. The number of fused-ring (bicyclic) bond motifs is 2. The van der Waals surface area contributed by atoms with Crippen LogP contribution >= 0.6 is 0 Å². The molecule has 1 amide bonds. The molecule has 9 nitrogen and oxygen atoms in total. The number of aromatic nitrogens is 2. The number of rotatable bonds is 4. The number of hydrogen-bond acceptors (Lipinski definition) is 7. The average molecular weight is 485 g/mol. The fraction of sp³-hybridized carbons (Fsp3) is 0.542. The van der Waals surface area contributed by atoms with Crippen molar-refractivity contribution in [2.24, 2.45) is 5.41 Å². The predicted molar refractivity (Wildman–Crippen MR) is 134 cm³/mol. The Morgan fingerprint density at radius 2 is 1.88 bits per heavy atom. The summed E-state index contributed by atoms with van der Waals surface area (Å²) < 4.78 is 25.5. The van der Waals surface area contributed by atoms with Gasteiger partial charge >= 0.3 is 0 Å². The Kier molecular flexibility index (Phi) is 5.46. The van der Waals surface area contributed by atoms with Crippen LogP contribution in [0.2, 0.25) is 0 Å². The first kappa shape index (κ1) is 22.9. The van der Waals surface area contributed by atoms with Crippen LogP contribution in [0.15, 0.2) is 24.4 Å². The zero-order valence-electron chi connectivity index (χ0n) is 20.2. The smallest absolute Gasteiger partial charge is 0.234 e. The van der Waals surface area contributed by atoms with Gasteiger partial charge in [0.1, 0.15) is 5.69 Å². The normalized spacial score (nSPS) is 20.4. The number of sulfonamides is 1. The molecule has 5 rings (SSSR count). The van der Waals surface area contributed by atoms with Crippen LogP contribution in [0.3, 0.4) is 0 Å². The molecule has 0 unspecified atom stereocenters. The van der Waals surface area contributed by atoms with E-state index in [1.807, 2.05) is 32.0 Å². The van der Waals surface area contributed by atoms with Crippen LogP contribution in [0, 0.1) is 5.41 Å². The van der Waals surface area contributed by atoms with Crippen LogP contribution in [0.4, 0.5) is 28.8 Å². The molecule has 1 aliphatic carbocycles. The van der Waals surface area contributed by atoms with Gasteiger partial charge in [-0.3, -0.25) is 9.10 Å². The molecule has 3 aliphatic rings. The maximum Gasteiger partial charge on any atom is 0.234 e. The standard InChI is InChI=1S/C24H32N6O3S/c1-24(2)15-29(18-7-5-6-8-18)21-20(28(3)22(24)31)14-25-23(27-21)26-17-9-10-19-16(13-17)11-12-30(19)34(4,32)33/h9-10,13-14,18H,5-8,11-12,15H2,1-4H3,(H,25,26,27). The predicted octanol–water partition coefficient (Wildman–Crippen LogP) is 3.29. The molecule has 182 valence electrons. The molecule has 2 aliphatic heterocycles. The van der Waals surface area contributed by atoms with E-state index in [-0.39, 0.29) is 5.91 Å². The molecule has 10 heteroatoms. The van der Waals surface area contributed by atoms with Gasteiger partial charge in [-0.15, -0.1) is 0 Å². The Hall–Kier alpha value is -2.88. The van der Waals surface area contributed by atoms with E-state index < -0.39 is 15.4 Å². The molecular formula is C24H32N6O3S. The monoisotopic (exact) mass is 484 g/mol. The zero-order chi connectivity index (χ0) is 24.3. The summed E-state index contributed by atoms with van der Waals surface area (Å²) in [6, 6.07) is 6.00. The molecule has 1 fully saturated rings. The second-order valence-corrected chi connectivity index (χ2v) is 12.2. The van der Waals surface area contributed by atoms with Crippen molar-refractivity contribution in [3.05, 3.63) is 30.0 Å². The summed E-state index contributed by atoms with van der Waals surface area (Å²) in [5.41, 5.74) is 2.71. The van der Waals surface area contributed by atoms with Gasteiger partial charge in [0.15, 0.2) is 5.82 Å².